The summed E-state index contributed by atoms with van der Waals surface area (Å²) < 4.78 is 1.94. The van der Waals surface area contributed by atoms with Gasteiger partial charge < -0.3 is 5.32 Å². The lowest BCUT2D eigenvalue weighted by Gasteiger charge is -2.42. The summed E-state index contributed by atoms with van der Waals surface area (Å²) in [4.78, 5) is 12.2. The van der Waals surface area contributed by atoms with Gasteiger partial charge in [-0.15, -0.1) is 0 Å². The average molecular weight is 287 g/mol. The van der Waals surface area contributed by atoms with Crippen molar-refractivity contribution >= 4 is 5.91 Å². The monoisotopic (exact) mass is 287 g/mol. The predicted octanol–water partition coefficient (Wildman–Crippen LogP) is 3.31. The van der Waals surface area contributed by atoms with Gasteiger partial charge in [0.2, 0.25) is 0 Å². The number of carbonyl (C=O) groups is 1. The van der Waals surface area contributed by atoms with Crippen LogP contribution in [0.2, 0.25) is 0 Å². The van der Waals surface area contributed by atoms with E-state index >= 15 is 0 Å². The Kier molecular flexibility index (Phi) is 3.48. The molecular weight excluding hydrogens is 262 g/mol. The molecule has 0 spiro atoms. The number of nitrogens with zero attached hydrogens (tertiary/aromatic N) is 2. The zero-order chi connectivity index (χ0) is 14.2. The molecule has 1 amide bonds. The van der Waals surface area contributed by atoms with Crippen molar-refractivity contribution in [2.45, 2.75) is 69.9 Å². The Bertz CT molecular complexity index is 508. The van der Waals surface area contributed by atoms with E-state index < -0.39 is 0 Å². The fraction of sp³-hybridized carbons (Fsp3) is 0.765. The summed E-state index contributed by atoms with van der Waals surface area (Å²) in [5.74, 6) is 1.86. The first-order chi connectivity index (χ1) is 10.3. The van der Waals surface area contributed by atoms with Gasteiger partial charge in [0.15, 0.2) is 0 Å². The Hall–Kier alpha value is -1.32. The molecule has 0 aliphatic heterocycles. The zero-order valence-electron chi connectivity index (χ0n) is 12.6. The third-order valence-corrected chi connectivity index (χ3v) is 5.61. The normalized spacial score (nSPS) is 29.9. The molecule has 4 rings (SSSR count). The zero-order valence-corrected chi connectivity index (χ0v) is 12.6. The van der Waals surface area contributed by atoms with Crippen LogP contribution >= 0.6 is 0 Å². The summed E-state index contributed by atoms with van der Waals surface area (Å²) in [6.07, 6.45) is 15.5. The molecule has 1 aromatic rings. The minimum atomic E-state index is 0.0639. The summed E-state index contributed by atoms with van der Waals surface area (Å²) in [5, 5.41) is 7.48. The molecule has 3 saturated carbocycles. The molecule has 0 aromatic carbocycles. The molecule has 21 heavy (non-hydrogen) atoms. The fourth-order valence-electron chi connectivity index (χ4n) is 4.03. The number of hydrogen-bond donors (Lipinski definition) is 1. The lowest BCUT2D eigenvalue weighted by molar-refractivity contribution is 0.0811. The number of carbonyl (C=O) groups excluding carboxylic acids is 1. The average Bonchev–Trinajstić information content (AvgIpc) is 3.20. The second-order valence-corrected chi connectivity index (χ2v) is 7.24. The van der Waals surface area contributed by atoms with Crippen LogP contribution in [-0.4, -0.2) is 21.7 Å². The van der Waals surface area contributed by atoms with Crippen molar-refractivity contribution in [2.75, 3.05) is 0 Å². The lowest BCUT2D eigenvalue weighted by atomic mass is 9.67. The smallest absolute Gasteiger partial charge is 0.254 e. The van der Waals surface area contributed by atoms with Gasteiger partial charge >= 0.3 is 0 Å². The number of nitrogens with one attached hydrogen (secondary N) is 1. The van der Waals surface area contributed by atoms with E-state index in [4.69, 9.17) is 0 Å². The molecule has 0 radical (unpaired) electrons. The van der Waals surface area contributed by atoms with E-state index in [0.29, 0.717) is 12.1 Å². The molecule has 0 atom stereocenters. The molecular formula is C17H25N3O. The Morgan fingerprint density at radius 2 is 1.86 bits per heavy atom. The highest BCUT2D eigenvalue weighted by atomic mass is 16.1. The molecule has 0 unspecified atom stereocenters. The minimum absolute atomic E-state index is 0.0639. The van der Waals surface area contributed by atoms with Crippen molar-refractivity contribution in [3.63, 3.8) is 0 Å². The van der Waals surface area contributed by atoms with Crippen LogP contribution in [0.25, 0.3) is 0 Å². The van der Waals surface area contributed by atoms with Gasteiger partial charge in [-0.3, -0.25) is 9.48 Å². The van der Waals surface area contributed by atoms with E-state index in [0.717, 1.165) is 17.4 Å². The second kappa shape index (κ2) is 5.47. The molecule has 0 bridgehead atoms. The van der Waals surface area contributed by atoms with E-state index in [-0.39, 0.29) is 5.91 Å². The van der Waals surface area contributed by atoms with Crippen molar-refractivity contribution in [1.82, 2.24) is 15.1 Å². The maximum Gasteiger partial charge on any atom is 0.254 e. The van der Waals surface area contributed by atoms with Crippen LogP contribution in [0.4, 0.5) is 0 Å². The maximum absolute atomic E-state index is 12.2. The van der Waals surface area contributed by atoms with Crippen molar-refractivity contribution in [1.29, 1.82) is 0 Å². The largest absolute Gasteiger partial charge is 0.349 e. The Morgan fingerprint density at radius 1 is 1.10 bits per heavy atom. The standard InChI is InChI=1S/C17H25N3O/c21-17(14-10-18-20(11-14)16-6-7-16)19-15-8-13(9-15)12-4-2-1-3-5-12/h10-13,15-16H,1-9H2,(H,19,21). The first-order valence-electron chi connectivity index (χ1n) is 8.64. The molecule has 1 N–H and O–H groups in total. The Labute approximate surface area is 126 Å². The van der Waals surface area contributed by atoms with E-state index in [2.05, 4.69) is 10.4 Å². The van der Waals surface area contributed by atoms with Crippen LogP contribution in [0.1, 0.15) is 74.2 Å². The van der Waals surface area contributed by atoms with Gasteiger partial charge in [0.05, 0.1) is 17.8 Å². The molecule has 1 aromatic heterocycles. The first kappa shape index (κ1) is 13.4. The van der Waals surface area contributed by atoms with Gasteiger partial charge in [0.1, 0.15) is 0 Å². The van der Waals surface area contributed by atoms with Crippen molar-refractivity contribution in [2.24, 2.45) is 11.8 Å². The van der Waals surface area contributed by atoms with Crippen molar-refractivity contribution in [3.8, 4) is 0 Å². The van der Waals surface area contributed by atoms with Gasteiger partial charge in [-0.05, 0) is 37.5 Å². The van der Waals surface area contributed by atoms with Gasteiger partial charge in [0.25, 0.3) is 5.91 Å². The first-order valence-corrected chi connectivity index (χ1v) is 8.64. The molecule has 114 valence electrons. The highest BCUT2D eigenvalue weighted by Crippen LogP contribution is 2.41. The third kappa shape index (κ3) is 2.85. The molecule has 4 heteroatoms. The van der Waals surface area contributed by atoms with Crippen LogP contribution in [-0.2, 0) is 0 Å². The van der Waals surface area contributed by atoms with E-state index in [1.54, 1.807) is 6.20 Å². The Morgan fingerprint density at radius 3 is 2.57 bits per heavy atom. The fourth-order valence-corrected chi connectivity index (χ4v) is 4.03. The highest BCUT2D eigenvalue weighted by molar-refractivity contribution is 5.93. The van der Waals surface area contributed by atoms with Crippen molar-refractivity contribution in [3.05, 3.63) is 18.0 Å². The van der Waals surface area contributed by atoms with Crippen LogP contribution < -0.4 is 5.32 Å². The summed E-state index contributed by atoms with van der Waals surface area (Å²) >= 11 is 0. The molecule has 3 aliphatic rings. The van der Waals surface area contributed by atoms with Crippen molar-refractivity contribution < 1.29 is 4.79 Å². The minimum Gasteiger partial charge on any atom is -0.349 e. The topological polar surface area (TPSA) is 46.9 Å². The molecule has 1 heterocycles. The molecule has 0 saturated heterocycles. The second-order valence-electron chi connectivity index (χ2n) is 7.24. The lowest BCUT2D eigenvalue weighted by Crippen LogP contribution is -2.46. The predicted molar refractivity (Wildman–Crippen MR) is 81.1 cm³/mol. The van der Waals surface area contributed by atoms with Crippen LogP contribution in [0.15, 0.2) is 12.4 Å². The van der Waals surface area contributed by atoms with Gasteiger partial charge in [-0.2, -0.15) is 5.10 Å². The number of aromatic nitrogens is 2. The SMILES string of the molecule is O=C(NC1CC(C2CCCCC2)C1)c1cnn(C2CC2)c1. The van der Waals surface area contributed by atoms with E-state index in [1.807, 2.05) is 10.9 Å². The summed E-state index contributed by atoms with van der Waals surface area (Å²) in [5.41, 5.74) is 0.725. The van der Waals surface area contributed by atoms with Gasteiger partial charge in [-0.1, -0.05) is 32.1 Å². The number of amides is 1. The van der Waals surface area contributed by atoms with E-state index in [1.165, 1.54) is 57.8 Å². The third-order valence-electron chi connectivity index (χ3n) is 5.61. The molecule has 3 fully saturated rings. The van der Waals surface area contributed by atoms with Crippen LogP contribution in [0.5, 0.6) is 0 Å². The maximum atomic E-state index is 12.2. The summed E-state index contributed by atoms with van der Waals surface area (Å²) in [6, 6.07) is 0.944. The Balaban J connectivity index is 1.26. The summed E-state index contributed by atoms with van der Waals surface area (Å²) in [6.45, 7) is 0. The van der Waals surface area contributed by atoms with Gasteiger partial charge in [0, 0.05) is 12.2 Å². The van der Waals surface area contributed by atoms with Crippen LogP contribution in [0.3, 0.4) is 0 Å². The molecule has 3 aliphatic carbocycles. The van der Waals surface area contributed by atoms with Gasteiger partial charge in [-0.25, -0.2) is 0 Å². The molecule has 4 nitrogen and oxygen atoms in total. The van der Waals surface area contributed by atoms with Crippen LogP contribution in [0, 0.1) is 11.8 Å². The number of rotatable bonds is 4. The number of hydrogen-bond acceptors (Lipinski definition) is 2. The highest BCUT2D eigenvalue weighted by Gasteiger charge is 2.36. The quantitative estimate of drug-likeness (QED) is 0.923. The van der Waals surface area contributed by atoms with E-state index in [9.17, 15) is 4.79 Å². The summed E-state index contributed by atoms with van der Waals surface area (Å²) in [7, 11) is 0.